The summed E-state index contributed by atoms with van der Waals surface area (Å²) in [5, 5.41) is 27.7. The number of aromatic nitrogens is 2. The van der Waals surface area contributed by atoms with Crippen LogP contribution in [0.15, 0.2) is 24.5 Å². The van der Waals surface area contributed by atoms with E-state index in [0.717, 1.165) is 76.4 Å². The summed E-state index contributed by atoms with van der Waals surface area (Å²) >= 11 is 0. The molecule has 3 fully saturated rings. The maximum atomic E-state index is 12.6. The Morgan fingerprint density at radius 1 is 1.06 bits per heavy atom. The maximum Gasteiger partial charge on any atom is 0.118 e. The lowest BCUT2D eigenvalue weighted by Gasteiger charge is -2.61. The van der Waals surface area contributed by atoms with Gasteiger partial charge in [-0.15, -0.1) is 0 Å². The van der Waals surface area contributed by atoms with Gasteiger partial charge in [-0.05, 0) is 99.7 Å². The van der Waals surface area contributed by atoms with Crippen molar-refractivity contribution in [3.63, 3.8) is 0 Å². The molecule has 3 heterocycles. The molecule has 178 valence electrons. The van der Waals surface area contributed by atoms with E-state index in [4.69, 9.17) is 0 Å². The summed E-state index contributed by atoms with van der Waals surface area (Å²) in [6, 6.07) is 4.38. The van der Waals surface area contributed by atoms with Gasteiger partial charge >= 0.3 is 0 Å². The van der Waals surface area contributed by atoms with Crippen LogP contribution in [-0.4, -0.2) is 74.2 Å². The molecule has 1 saturated carbocycles. The van der Waals surface area contributed by atoms with Gasteiger partial charge in [0.15, 0.2) is 0 Å². The van der Waals surface area contributed by atoms with Crippen molar-refractivity contribution in [3.8, 4) is 5.75 Å². The van der Waals surface area contributed by atoms with Gasteiger partial charge in [-0.3, -0.25) is 9.58 Å². The van der Waals surface area contributed by atoms with E-state index in [9.17, 15) is 10.2 Å². The van der Waals surface area contributed by atoms with Crippen LogP contribution in [0.1, 0.15) is 54.4 Å². The Bertz CT molecular complexity index is 1050. The van der Waals surface area contributed by atoms with Crippen molar-refractivity contribution < 1.29 is 10.2 Å². The van der Waals surface area contributed by atoms with Crippen LogP contribution < -0.4 is 0 Å². The van der Waals surface area contributed by atoms with Gasteiger partial charge < -0.3 is 15.1 Å². The fourth-order valence-electron chi connectivity index (χ4n) is 7.15. The zero-order chi connectivity index (χ0) is 22.8. The van der Waals surface area contributed by atoms with E-state index in [2.05, 4.69) is 34.1 Å². The molecule has 0 amide bonds. The van der Waals surface area contributed by atoms with Gasteiger partial charge in [0.2, 0.25) is 0 Å². The third-order valence-electron chi connectivity index (χ3n) is 9.26. The van der Waals surface area contributed by atoms with Crippen LogP contribution in [0.4, 0.5) is 0 Å². The molecular formula is C27H38N4O2. The van der Waals surface area contributed by atoms with Crippen LogP contribution in [0, 0.1) is 19.8 Å². The number of phenols is 1. The van der Waals surface area contributed by atoms with Crippen molar-refractivity contribution in [1.82, 2.24) is 19.6 Å². The summed E-state index contributed by atoms with van der Waals surface area (Å²) in [5.41, 5.74) is 3.70. The molecule has 2 saturated heterocycles. The van der Waals surface area contributed by atoms with Crippen LogP contribution >= 0.6 is 0 Å². The van der Waals surface area contributed by atoms with Gasteiger partial charge in [0.1, 0.15) is 5.75 Å². The highest BCUT2D eigenvalue weighted by Crippen LogP contribution is 2.57. The number of rotatable bonds is 5. The van der Waals surface area contributed by atoms with Gasteiger partial charge in [0.05, 0.1) is 18.3 Å². The van der Waals surface area contributed by atoms with Crippen molar-refractivity contribution in [2.24, 2.45) is 5.92 Å². The second kappa shape index (κ2) is 7.82. The summed E-state index contributed by atoms with van der Waals surface area (Å²) < 4.78 is 2.03. The first-order valence-corrected chi connectivity index (χ1v) is 12.9. The summed E-state index contributed by atoms with van der Waals surface area (Å²) in [5.74, 6) is 1.20. The van der Waals surface area contributed by atoms with E-state index < -0.39 is 5.60 Å². The number of aliphatic hydroxyl groups is 1. The monoisotopic (exact) mass is 450 g/mol. The average molecular weight is 451 g/mol. The number of aryl methyl sites for hydroxylation is 2. The Labute approximate surface area is 197 Å². The molecular weight excluding hydrogens is 412 g/mol. The number of hydrogen-bond donors (Lipinski definition) is 2. The normalized spacial score (nSPS) is 32.3. The highest BCUT2D eigenvalue weighted by molar-refractivity contribution is 5.51. The first kappa shape index (κ1) is 21.6. The number of phenolic OH excluding ortho intramolecular Hbond substituents is 1. The third kappa shape index (κ3) is 3.53. The SMILES string of the molecule is Cc1cnn(CCN2CCC34CCN(CC5CC5)C(Cc5cc(C)c(O)cc53)C4(O)CC2)c1. The summed E-state index contributed by atoms with van der Waals surface area (Å²) in [4.78, 5) is 5.15. The van der Waals surface area contributed by atoms with Gasteiger partial charge in [-0.2, -0.15) is 5.10 Å². The lowest BCUT2D eigenvalue weighted by atomic mass is 9.52. The number of benzene rings is 1. The van der Waals surface area contributed by atoms with Crippen LogP contribution in [0.5, 0.6) is 5.75 Å². The van der Waals surface area contributed by atoms with E-state index >= 15 is 0 Å². The van der Waals surface area contributed by atoms with Crippen molar-refractivity contribution in [1.29, 1.82) is 0 Å². The number of piperidine rings is 1. The molecule has 1 aromatic carbocycles. The zero-order valence-corrected chi connectivity index (χ0v) is 20.1. The highest BCUT2D eigenvalue weighted by Gasteiger charge is 2.63. The van der Waals surface area contributed by atoms with Crippen LogP contribution in [-0.2, 0) is 18.4 Å². The van der Waals surface area contributed by atoms with Gasteiger partial charge in [-0.25, -0.2) is 0 Å². The minimum absolute atomic E-state index is 0.178. The summed E-state index contributed by atoms with van der Waals surface area (Å²) in [6.45, 7) is 10.0. The molecule has 2 aromatic rings. The third-order valence-corrected chi connectivity index (χ3v) is 9.26. The van der Waals surface area contributed by atoms with Crippen molar-refractivity contribution in [2.75, 3.05) is 32.7 Å². The van der Waals surface area contributed by atoms with E-state index in [0.29, 0.717) is 5.75 Å². The molecule has 2 N–H and O–H groups in total. The molecule has 3 atom stereocenters. The maximum absolute atomic E-state index is 12.6. The van der Waals surface area contributed by atoms with E-state index in [1.807, 2.05) is 23.9 Å². The Hall–Kier alpha value is -1.89. The Morgan fingerprint density at radius 2 is 1.85 bits per heavy atom. The minimum atomic E-state index is -0.744. The quantitative estimate of drug-likeness (QED) is 0.733. The molecule has 4 aliphatic rings. The number of fused-ring (bicyclic) bond motifs is 1. The first-order chi connectivity index (χ1) is 15.9. The van der Waals surface area contributed by atoms with Crippen molar-refractivity contribution in [3.05, 3.63) is 46.8 Å². The predicted molar refractivity (Wildman–Crippen MR) is 129 cm³/mol. The highest BCUT2D eigenvalue weighted by atomic mass is 16.3. The number of nitrogens with zero attached hydrogens (tertiary/aromatic N) is 4. The number of hydrogen-bond acceptors (Lipinski definition) is 5. The zero-order valence-electron chi connectivity index (χ0n) is 20.1. The summed E-state index contributed by atoms with van der Waals surface area (Å²) in [6.07, 6.45) is 10.3. The lowest BCUT2D eigenvalue weighted by molar-refractivity contribution is -0.149. The van der Waals surface area contributed by atoms with E-state index in [1.165, 1.54) is 29.5 Å². The predicted octanol–water partition coefficient (Wildman–Crippen LogP) is 3.01. The molecule has 6 nitrogen and oxygen atoms in total. The molecule has 33 heavy (non-hydrogen) atoms. The molecule has 2 aliphatic carbocycles. The molecule has 3 unspecified atom stereocenters. The molecule has 6 heteroatoms. The lowest BCUT2D eigenvalue weighted by Crippen LogP contribution is -2.71. The number of likely N-dealkylation sites (tertiary alicyclic amines) is 2. The van der Waals surface area contributed by atoms with E-state index in [1.54, 1.807) is 0 Å². The second-order valence-electron chi connectivity index (χ2n) is 11.3. The standard InChI is InChI=1S/C27H38N4O2/c1-19-16-28-31(17-19)12-11-29-8-5-26-6-10-30(18-21-3-4-21)25(27(26,33)7-9-29)14-22-13-20(2)24(32)15-23(22)26/h13,15-17,21,25,32-33H,3-12,14,18H2,1-2H3. The van der Waals surface area contributed by atoms with Crippen molar-refractivity contribution >= 4 is 0 Å². The molecule has 0 radical (unpaired) electrons. The fourth-order valence-corrected chi connectivity index (χ4v) is 7.15. The van der Waals surface area contributed by atoms with Crippen molar-refractivity contribution in [2.45, 2.75) is 76.0 Å². The molecule has 6 rings (SSSR count). The van der Waals surface area contributed by atoms with Gasteiger partial charge in [-0.1, -0.05) is 6.07 Å². The molecule has 2 bridgehead atoms. The van der Waals surface area contributed by atoms with Gasteiger partial charge in [0.25, 0.3) is 0 Å². The van der Waals surface area contributed by atoms with Gasteiger partial charge in [0, 0.05) is 37.3 Å². The largest absolute Gasteiger partial charge is 0.508 e. The second-order valence-corrected chi connectivity index (χ2v) is 11.3. The Morgan fingerprint density at radius 3 is 2.61 bits per heavy atom. The number of aromatic hydroxyl groups is 1. The van der Waals surface area contributed by atoms with Crippen LogP contribution in [0.3, 0.4) is 0 Å². The van der Waals surface area contributed by atoms with Crippen LogP contribution in [0.25, 0.3) is 0 Å². The fraction of sp³-hybridized carbons (Fsp3) is 0.667. The molecule has 2 aliphatic heterocycles. The first-order valence-electron chi connectivity index (χ1n) is 12.9. The van der Waals surface area contributed by atoms with E-state index in [-0.39, 0.29) is 11.5 Å². The Balaban J connectivity index is 1.33. The van der Waals surface area contributed by atoms with Crippen LogP contribution in [0.2, 0.25) is 0 Å². The minimum Gasteiger partial charge on any atom is -0.508 e. The Kier molecular flexibility index (Phi) is 5.13. The topological polar surface area (TPSA) is 64.8 Å². The molecule has 1 aromatic heterocycles. The molecule has 0 spiro atoms. The smallest absolute Gasteiger partial charge is 0.118 e. The summed E-state index contributed by atoms with van der Waals surface area (Å²) in [7, 11) is 0. The average Bonchev–Trinajstić information content (AvgIpc) is 3.53.